The van der Waals surface area contributed by atoms with Gasteiger partial charge in [-0.3, -0.25) is 9.20 Å². The molecule has 3 rings (SSSR count). The fraction of sp³-hybridized carbons (Fsp3) is 0.214. The summed E-state index contributed by atoms with van der Waals surface area (Å²) in [5, 5.41) is 19.0. The smallest absolute Gasteiger partial charge is 0.303 e. The van der Waals surface area contributed by atoms with Gasteiger partial charge in [-0.2, -0.15) is 0 Å². The fourth-order valence-corrected chi connectivity index (χ4v) is 2.98. The van der Waals surface area contributed by atoms with Crippen molar-refractivity contribution in [1.29, 1.82) is 0 Å². The number of aryl methyl sites for hydroxylation is 1. The second kappa shape index (κ2) is 5.53. The number of aliphatic carboxylic acids is 1. The number of hydrogen-bond donors (Lipinski definition) is 1. The second-order valence-corrected chi connectivity index (χ2v) is 5.31. The molecule has 0 saturated heterocycles. The van der Waals surface area contributed by atoms with E-state index in [9.17, 15) is 4.79 Å². The number of fused-ring (bicyclic) bond motifs is 1. The molecule has 0 atom stereocenters. The zero-order chi connectivity index (χ0) is 14.8. The quantitative estimate of drug-likeness (QED) is 0.783. The Bertz CT molecular complexity index is 776. The number of thiazole rings is 1. The van der Waals surface area contributed by atoms with E-state index in [0.29, 0.717) is 12.2 Å². The predicted molar refractivity (Wildman–Crippen MR) is 78.8 cm³/mol. The molecule has 0 saturated carbocycles. The van der Waals surface area contributed by atoms with Crippen molar-refractivity contribution in [2.24, 2.45) is 0 Å². The first-order valence-electron chi connectivity index (χ1n) is 6.37. The highest BCUT2D eigenvalue weighted by Crippen LogP contribution is 2.28. The molecular weight excluding hydrogens is 290 g/mol. The van der Waals surface area contributed by atoms with Crippen molar-refractivity contribution in [3.63, 3.8) is 0 Å². The van der Waals surface area contributed by atoms with E-state index in [4.69, 9.17) is 9.84 Å². The minimum atomic E-state index is -0.840. The molecule has 6 nitrogen and oxygen atoms in total. The number of methoxy groups -OCH3 is 1. The Morgan fingerprint density at radius 3 is 2.76 bits per heavy atom. The van der Waals surface area contributed by atoms with Gasteiger partial charge in [0.25, 0.3) is 0 Å². The number of carboxylic acids is 1. The summed E-state index contributed by atoms with van der Waals surface area (Å²) in [6.07, 6.45) is 0.398. The Morgan fingerprint density at radius 1 is 1.33 bits per heavy atom. The second-order valence-electron chi connectivity index (χ2n) is 4.48. The molecule has 0 aliphatic rings. The van der Waals surface area contributed by atoms with Gasteiger partial charge < -0.3 is 9.84 Å². The van der Waals surface area contributed by atoms with Crippen molar-refractivity contribution in [3.8, 4) is 17.0 Å². The third-order valence-electron chi connectivity index (χ3n) is 3.17. The molecule has 7 heteroatoms. The standard InChI is InChI=1S/C14H13N3O3S/c1-20-10-4-2-9(3-5-10)11-8-21-14-16-15-12(17(11)14)6-7-13(18)19/h2-5,8H,6-7H2,1H3,(H,18,19). The van der Waals surface area contributed by atoms with Crippen molar-refractivity contribution in [1.82, 2.24) is 14.6 Å². The highest BCUT2D eigenvalue weighted by atomic mass is 32.1. The molecule has 1 aromatic carbocycles. The summed E-state index contributed by atoms with van der Waals surface area (Å²) in [5.74, 6) is 0.618. The van der Waals surface area contributed by atoms with Crippen LogP contribution in [0.4, 0.5) is 0 Å². The van der Waals surface area contributed by atoms with Gasteiger partial charge in [-0.25, -0.2) is 0 Å². The number of ether oxygens (including phenoxy) is 1. The predicted octanol–water partition coefficient (Wildman–Crippen LogP) is 2.48. The summed E-state index contributed by atoms with van der Waals surface area (Å²) < 4.78 is 7.07. The molecule has 0 bridgehead atoms. The van der Waals surface area contributed by atoms with Crippen LogP contribution in [0.2, 0.25) is 0 Å². The molecule has 3 aromatic rings. The summed E-state index contributed by atoms with van der Waals surface area (Å²) >= 11 is 1.48. The van der Waals surface area contributed by atoms with E-state index in [1.807, 2.05) is 34.0 Å². The van der Waals surface area contributed by atoms with Crippen LogP contribution in [0.25, 0.3) is 16.2 Å². The normalized spacial score (nSPS) is 10.9. The van der Waals surface area contributed by atoms with Gasteiger partial charge >= 0.3 is 5.97 Å². The first kappa shape index (κ1) is 13.6. The molecule has 1 N–H and O–H groups in total. The van der Waals surface area contributed by atoms with Crippen LogP contribution in [0.1, 0.15) is 12.2 Å². The molecule has 0 aliphatic heterocycles. The lowest BCUT2D eigenvalue weighted by Gasteiger charge is -2.04. The number of nitrogens with zero attached hydrogens (tertiary/aromatic N) is 3. The molecule has 108 valence electrons. The van der Waals surface area contributed by atoms with E-state index in [1.165, 1.54) is 11.3 Å². The van der Waals surface area contributed by atoms with Gasteiger partial charge in [0, 0.05) is 11.8 Å². The van der Waals surface area contributed by atoms with Crippen molar-refractivity contribution in [2.45, 2.75) is 12.8 Å². The molecule has 0 amide bonds. The largest absolute Gasteiger partial charge is 0.497 e. The SMILES string of the molecule is COc1ccc(-c2csc3nnc(CCC(=O)O)n23)cc1. The first-order valence-corrected chi connectivity index (χ1v) is 7.24. The number of carbonyl (C=O) groups is 1. The minimum Gasteiger partial charge on any atom is -0.497 e. The van der Waals surface area contributed by atoms with Gasteiger partial charge in [0.2, 0.25) is 4.96 Å². The van der Waals surface area contributed by atoms with Gasteiger partial charge in [0.05, 0.1) is 19.2 Å². The summed E-state index contributed by atoms with van der Waals surface area (Å²) in [6, 6.07) is 7.70. The number of rotatable bonds is 5. The average Bonchev–Trinajstić information content (AvgIpc) is 3.07. The fourth-order valence-electron chi connectivity index (χ4n) is 2.12. The van der Waals surface area contributed by atoms with Gasteiger partial charge in [0.15, 0.2) is 0 Å². The van der Waals surface area contributed by atoms with E-state index >= 15 is 0 Å². The molecule has 2 heterocycles. The third kappa shape index (κ3) is 2.59. The van der Waals surface area contributed by atoms with Crippen LogP contribution in [0.5, 0.6) is 5.75 Å². The van der Waals surface area contributed by atoms with Gasteiger partial charge in [0.1, 0.15) is 11.6 Å². The van der Waals surface area contributed by atoms with Crippen LogP contribution in [-0.4, -0.2) is 32.8 Å². The Balaban J connectivity index is 2.01. The molecule has 0 fully saturated rings. The Hall–Kier alpha value is -2.41. The van der Waals surface area contributed by atoms with Crippen LogP contribution in [0, 0.1) is 0 Å². The van der Waals surface area contributed by atoms with Crippen LogP contribution >= 0.6 is 11.3 Å². The highest BCUT2D eigenvalue weighted by Gasteiger charge is 2.14. The van der Waals surface area contributed by atoms with E-state index < -0.39 is 5.97 Å². The Labute approximate surface area is 124 Å². The monoisotopic (exact) mass is 303 g/mol. The summed E-state index contributed by atoms with van der Waals surface area (Å²) in [4.78, 5) is 11.5. The average molecular weight is 303 g/mol. The number of aromatic nitrogens is 3. The van der Waals surface area contributed by atoms with E-state index in [-0.39, 0.29) is 6.42 Å². The molecular formula is C14H13N3O3S. The van der Waals surface area contributed by atoms with Crippen molar-refractivity contribution >= 4 is 22.3 Å². The van der Waals surface area contributed by atoms with Gasteiger partial charge in [-0.1, -0.05) is 0 Å². The topological polar surface area (TPSA) is 76.7 Å². The number of benzene rings is 1. The molecule has 21 heavy (non-hydrogen) atoms. The van der Waals surface area contributed by atoms with E-state index in [2.05, 4.69) is 10.2 Å². The lowest BCUT2D eigenvalue weighted by atomic mass is 10.1. The maximum Gasteiger partial charge on any atom is 0.303 e. The maximum atomic E-state index is 10.7. The van der Waals surface area contributed by atoms with Crippen LogP contribution < -0.4 is 4.74 Å². The van der Waals surface area contributed by atoms with Crippen LogP contribution in [-0.2, 0) is 11.2 Å². The zero-order valence-corrected chi connectivity index (χ0v) is 12.1. The van der Waals surface area contributed by atoms with E-state index in [0.717, 1.165) is 22.0 Å². The lowest BCUT2D eigenvalue weighted by molar-refractivity contribution is -0.137. The molecule has 0 aliphatic carbocycles. The molecule has 0 unspecified atom stereocenters. The molecule has 0 spiro atoms. The highest BCUT2D eigenvalue weighted by molar-refractivity contribution is 7.15. The molecule has 0 radical (unpaired) electrons. The third-order valence-corrected chi connectivity index (χ3v) is 3.98. The van der Waals surface area contributed by atoms with Crippen molar-refractivity contribution < 1.29 is 14.6 Å². The van der Waals surface area contributed by atoms with Gasteiger partial charge in [-0.15, -0.1) is 21.5 Å². The van der Waals surface area contributed by atoms with E-state index in [1.54, 1.807) is 7.11 Å². The Kier molecular flexibility index (Phi) is 3.57. The summed E-state index contributed by atoms with van der Waals surface area (Å²) in [7, 11) is 1.63. The van der Waals surface area contributed by atoms with Crippen molar-refractivity contribution in [3.05, 3.63) is 35.5 Å². The van der Waals surface area contributed by atoms with Crippen LogP contribution in [0.3, 0.4) is 0 Å². The summed E-state index contributed by atoms with van der Waals surface area (Å²) in [6.45, 7) is 0. The summed E-state index contributed by atoms with van der Waals surface area (Å²) in [5.41, 5.74) is 1.97. The molecule has 2 aromatic heterocycles. The number of carboxylic acid groups (broad SMARTS) is 1. The lowest BCUT2D eigenvalue weighted by Crippen LogP contribution is -2.02. The number of hydrogen-bond acceptors (Lipinski definition) is 5. The Morgan fingerprint density at radius 2 is 2.10 bits per heavy atom. The minimum absolute atomic E-state index is 0.0404. The first-order chi connectivity index (χ1) is 10.2. The zero-order valence-electron chi connectivity index (χ0n) is 11.3. The van der Waals surface area contributed by atoms with Crippen LogP contribution in [0.15, 0.2) is 29.6 Å². The van der Waals surface area contributed by atoms with Gasteiger partial charge in [-0.05, 0) is 29.8 Å². The van der Waals surface area contributed by atoms with Crippen molar-refractivity contribution in [2.75, 3.05) is 7.11 Å². The maximum absolute atomic E-state index is 10.7.